The topological polar surface area (TPSA) is 22.1 Å². The summed E-state index contributed by atoms with van der Waals surface area (Å²) < 4.78 is 5.04. The molecule has 0 spiro atoms. The Hall–Kier alpha value is -0.760. The summed E-state index contributed by atoms with van der Waals surface area (Å²) in [6, 6.07) is 1.93. The number of methoxy groups -OCH3 is 1. The summed E-state index contributed by atoms with van der Waals surface area (Å²) in [4.78, 5) is 4.01. The van der Waals surface area contributed by atoms with Crippen LogP contribution in [0.15, 0.2) is 12.3 Å². The van der Waals surface area contributed by atoms with Crippen LogP contribution in [0.2, 0.25) is 5.15 Å². The highest BCUT2D eigenvalue weighted by Gasteiger charge is 2.01. The van der Waals surface area contributed by atoms with Crippen LogP contribution in [0.4, 0.5) is 0 Å². The molecule has 3 heteroatoms. The molecular formula is C9H12ClNO. The van der Waals surface area contributed by atoms with E-state index in [4.69, 9.17) is 16.3 Å². The lowest BCUT2D eigenvalue weighted by atomic mass is 10.2. The molecule has 0 radical (unpaired) electrons. The van der Waals surface area contributed by atoms with Gasteiger partial charge in [0.1, 0.15) is 0 Å². The first-order chi connectivity index (χ1) is 5.77. The maximum atomic E-state index is 5.76. The second kappa shape index (κ2) is 4.31. The summed E-state index contributed by atoms with van der Waals surface area (Å²) in [5, 5.41) is 0.428. The normalized spacial score (nSPS) is 9.92. The molecule has 0 bridgehead atoms. The fourth-order valence-corrected chi connectivity index (χ4v) is 1.22. The van der Waals surface area contributed by atoms with Crippen LogP contribution >= 0.6 is 11.6 Å². The third-order valence-electron chi connectivity index (χ3n) is 1.62. The van der Waals surface area contributed by atoms with Crippen molar-refractivity contribution in [3.63, 3.8) is 0 Å². The molecule has 1 heterocycles. The van der Waals surface area contributed by atoms with Gasteiger partial charge in [0.15, 0.2) is 10.9 Å². The van der Waals surface area contributed by atoms with E-state index in [0.717, 1.165) is 12.8 Å². The zero-order valence-electron chi connectivity index (χ0n) is 7.30. The standard InChI is InChI=1S/C9H12ClNO/c1-3-4-7-5-8(12-2)9(10)11-6-7/h5-6H,3-4H2,1-2H3. The average Bonchev–Trinajstić information content (AvgIpc) is 2.09. The number of ether oxygens (including phenoxy) is 1. The number of halogens is 1. The Morgan fingerprint density at radius 2 is 2.33 bits per heavy atom. The predicted octanol–water partition coefficient (Wildman–Crippen LogP) is 2.70. The van der Waals surface area contributed by atoms with Crippen LogP contribution in [0.5, 0.6) is 5.75 Å². The fourth-order valence-electron chi connectivity index (χ4n) is 1.04. The molecule has 1 aromatic heterocycles. The Labute approximate surface area is 77.5 Å². The fraction of sp³-hybridized carbons (Fsp3) is 0.444. The van der Waals surface area contributed by atoms with Crippen molar-refractivity contribution in [1.82, 2.24) is 4.98 Å². The van der Waals surface area contributed by atoms with Gasteiger partial charge in [-0.1, -0.05) is 24.9 Å². The highest BCUT2D eigenvalue weighted by molar-refractivity contribution is 6.30. The van der Waals surface area contributed by atoms with Gasteiger partial charge in [0.05, 0.1) is 7.11 Å². The summed E-state index contributed by atoms with van der Waals surface area (Å²) in [6.45, 7) is 2.13. The van der Waals surface area contributed by atoms with Gasteiger partial charge in [-0.2, -0.15) is 0 Å². The molecule has 0 aliphatic carbocycles. The van der Waals surface area contributed by atoms with E-state index < -0.39 is 0 Å². The van der Waals surface area contributed by atoms with Crippen molar-refractivity contribution in [2.75, 3.05) is 7.11 Å². The molecule has 0 saturated heterocycles. The molecule has 0 saturated carbocycles. The molecule has 1 rings (SSSR count). The Morgan fingerprint density at radius 1 is 1.58 bits per heavy atom. The second-order valence-electron chi connectivity index (χ2n) is 2.59. The molecule has 0 N–H and O–H groups in total. The minimum atomic E-state index is 0.428. The quantitative estimate of drug-likeness (QED) is 0.676. The lowest BCUT2D eigenvalue weighted by Crippen LogP contribution is -1.90. The third kappa shape index (κ3) is 2.11. The van der Waals surface area contributed by atoms with Gasteiger partial charge in [0.2, 0.25) is 0 Å². The van der Waals surface area contributed by atoms with Crippen molar-refractivity contribution in [2.45, 2.75) is 19.8 Å². The molecular weight excluding hydrogens is 174 g/mol. The smallest absolute Gasteiger partial charge is 0.171 e. The van der Waals surface area contributed by atoms with Crippen LogP contribution < -0.4 is 4.74 Å². The lowest BCUT2D eigenvalue weighted by Gasteiger charge is -2.03. The number of hydrogen-bond donors (Lipinski definition) is 0. The Balaban J connectivity index is 2.89. The van der Waals surface area contributed by atoms with Crippen molar-refractivity contribution in [3.05, 3.63) is 23.0 Å². The number of hydrogen-bond acceptors (Lipinski definition) is 2. The summed E-state index contributed by atoms with van der Waals surface area (Å²) in [5.41, 5.74) is 1.17. The molecule has 2 nitrogen and oxygen atoms in total. The first kappa shape index (κ1) is 9.33. The SMILES string of the molecule is CCCc1cnc(Cl)c(OC)c1. The van der Waals surface area contributed by atoms with Gasteiger partial charge in [-0.3, -0.25) is 0 Å². The molecule has 1 aromatic rings. The van der Waals surface area contributed by atoms with Crippen molar-refractivity contribution in [1.29, 1.82) is 0 Å². The van der Waals surface area contributed by atoms with E-state index in [0.29, 0.717) is 10.9 Å². The molecule has 0 unspecified atom stereocenters. The zero-order chi connectivity index (χ0) is 8.97. The van der Waals surface area contributed by atoms with Crippen LogP contribution in [-0.4, -0.2) is 12.1 Å². The summed E-state index contributed by atoms with van der Waals surface area (Å²) >= 11 is 5.76. The zero-order valence-corrected chi connectivity index (χ0v) is 8.06. The highest BCUT2D eigenvalue weighted by Crippen LogP contribution is 2.22. The van der Waals surface area contributed by atoms with Crippen molar-refractivity contribution in [2.24, 2.45) is 0 Å². The number of nitrogens with zero attached hydrogens (tertiary/aromatic N) is 1. The summed E-state index contributed by atoms with van der Waals surface area (Å²) in [5.74, 6) is 0.655. The van der Waals surface area contributed by atoms with Gasteiger partial charge in [0.25, 0.3) is 0 Å². The molecule has 0 aliphatic heterocycles. The van der Waals surface area contributed by atoms with Crippen molar-refractivity contribution < 1.29 is 4.74 Å². The van der Waals surface area contributed by atoms with Crippen molar-refractivity contribution in [3.8, 4) is 5.75 Å². The van der Waals surface area contributed by atoms with Crippen LogP contribution in [0.25, 0.3) is 0 Å². The average molecular weight is 186 g/mol. The molecule has 0 fully saturated rings. The number of aromatic nitrogens is 1. The minimum Gasteiger partial charge on any atom is -0.494 e. The predicted molar refractivity (Wildman–Crippen MR) is 49.8 cm³/mol. The Kier molecular flexibility index (Phi) is 3.35. The van der Waals surface area contributed by atoms with E-state index in [1.54, 1.807) is 13.3 Å². The Morgan fingerprint density at radius 3 is 2.92 bits per heavy atom. The largest absolute Gasteiger partial charge is 0.494 e. The minimum absolute atomic E-state index is 0.428. The number of rotatable bonds is 3. The molecule has 0 aliphatic rings. The van der Waals surface area contributed by atoms with E-state index in [-0.39, 0.29) is 0 Å². The number of pyridine rings is 1. The van der Waals surface area contributed by atoms with Crippen molar-refractivity contribution >= 4 is 11.6 Å². The molecule has 0 aromatic carbocycles. The first-order valence-corrected chi connectivity index (χ1v) is 4.34. The van der Waals surface area contributed by atoms with Gasteiger partial charge in [-0.15, -0.1) is 0 Å². The van der Waals surface area contributed by atoms with Crippen LogP contribution in [0.1, 0.15) is 18.9 Å². The highest BCUT2D eigenvalue weighted by atomic mass is 35.5. The van der Waals surface area contributed by atoms with E-state index in [1.807, 2.05) is 6.07 Å². The molecule has 0 amide bonds. The van der Waals surface area contributed by atoms with Gasteiger partial charge in [-0.05, 0) is 18.1 Å². The molecule has 0 atom stereocenters. The van der Waals surface area contributed by atoms with Gasteiger partial charge in [0, 0.05) is 6.20 Å². The second-order valence-corrected chi connectivity index (χ2v) is 2.94. The van der Waals surface area contributed by atoms with Crippen LogP contribution in [0.3, 0.4) is 0 Å². The first-order valence-electron chi connectivity index (χ1n) is 3.96. The third-order valence-corrected chi connectivity index (χ3v) is 1.91. The van der Waals surface area contributed by atoms with E-state index in [2.05, 4.69) is 11.9 Å². The maximum Gasteiger partial charge on any atom is 0.171 e. The summed E-state index contributed by atoms with van der Waals surface area (Å²) in [6.07, 6.45) is 3.90. The van der Waals surface area contributed by atoms with Gasteiger partial charge >= 0.3 is 0 Å². The molecule has 12 heavy (non-hydrogen) atoms. The molecule has 66 valence electrons. The van der Waals surface area contributed by atoms with E-state index >= 15 is 0 Å². The van der Waals surface area contributed by atoms with Gasteiger partial charge in [-0.25, -0.2) is 4.98 Å². The summed E-state index contributed by atoms with van der Waals surface area (Å²) in [7, 11) is 1.60. The van der Waals surface area contributed by atoms with E-state index in [9.17, 15) is 0 Å². The Bertz CT molecular complexity index is 263. The monoisotopic (exact) mass is 185 g/mol. The van der Waals surface area contributed by atoms with E-state index in [1.165, 1.54) is 5.56 Å². The maximum absolute atomic E-state index is 5.76. The number of aryl methyl sites for hydroxylation is 1. The van der Waals surface area contributed by atoms with Crippen LogP contribution in [-0.2, 0) is 6.42 Å². The van der Waals surface area contributed by atoms with Gasteiger partial charge < -0.3 is 4.74 Å². The van der Waals surface area contributed by atoms with Crippen LogP contribution in [0, 0.1) is 0 Å². The lowest BCUT2D eigenvalue weighted by molar-refractivity contribution is 0.412.